The number of nitrogens with zero attached hydrogens (tertiary/aromatic N) is 5. The average Bonchev–Trinajstić information content (AvgIpc) is 1.65. The summed E-state index contributed by atoms with van der Waals surface area (Å²) in [6, 6.07) is 37.6. The molecule has 0 spiro atoms. The van der Waals surface area contributed by atoms with E-state index in [1.54, 1.807) is 50.2 Å². The molecule has 6 N–H and O–H groups in total. The molecule has 98 heavy (non-hydrogen) atoms. The largest absolute Gasteiger partial charge is 1.00 e. The minimum atomic E-state index is -1.01. The van der Waals surface area contributed by atoms with Crippen LogP contribution in [-0.2, 0) is 14.2 Å². The van der Waals surface area contributed by atoms with Gasteiger partial charge in [0, 0.05) is 31.8 Å². The van der Waals surface area contributed by atoms with Crippen LogP contribution < -0.4 is 24.6 Å². The quantitative estimate of drug-likeness (QED) is 0.0188. The van der Waals surface area contributed by atoms with Gasteiger partial charge in [0.05, 0.1) is 57.7 Å². The van der Waals surface area contributed by atoms with E-state index in [0.29, 0.717) is 74.1 Å². The van der Waals surface area contributed by atoms with Crippen LogP contribution >= 0.6 is 15.9 Å². The van der Waals surface area contributed by atoms with Crippen molar-refractivity contribution in [3.05, 3.63) is 221 Å². The van der Waals surface area contributed by atoms with E-state index in [9.17, 15) is 28.4 Å². The third-order valence-corrected chi connectivity index (χ3v) is 15.5. The van der Waals surface area contributed by atoms with Crippen molar-refractivity contribution in [2.24, 2.45) is 10.9 Å². The molecule has 0 amide bonds. The number of aromatic carboxylic acids is 2. The molecule has 0 radical (unpaired) electrons. The monoisotopic (exact) mass is 1400 g/mol. The SMILES string of the molecule is COC(=O)c1ccc(-c2nc(-c3cc4c(C)ccc(C)c4o3)no2)cc1C.COC(=O)c1ccc(Br)cc1C.COC(=O)c1ccc(C(=O)O)cc1C.Cc1cc(-c2nc(-c3cc4c(C)ccc(C)c4o3)no2)ccc1C(=O)O.Cc1ccc(C)c2oc(/C(N)=N\O)cc12.[2H]CF.[Li+].[OH-]. The van der Waals surface area contributed by atoms with Crippen LogP contribution in [0.1, 0.15) is 115 Å². The number of rotatable bonds is 10. The normalized spacial score (nSPS) is 10.6. The molecule has 0 saturated carbocycles. The fourth-order valence-electron chi connectivity index (χ4n) is 9.73. The number of carbonyl (C=O) groups excluding carboxylic acids is 3. The van der Waals surface area contributed by atoms with E-state index in [2.05, 4.69) is 56.9 Å². The molecule has 0 aliphatic carbocycles. The van der Waals surface area contributed by atoms with Crippen LogP contribution in [0.3, 0.4) is 0 Å². The number of carbonyl (C=O) groups is 5. The van der Waals surface area contributed by atoms with Gasteiger partial charge in [-0.25, -0.2) is 24.0 Å². The number of hydrogen-bond donors (Lipinski definition) is 4. The number of benzene rings is 7. The van der Waals surface area contributed by atoms with Gasteiger partial charge in [0.2, 0.25) is 17.5 Å². The summed E-state index contributed by atoms with van der Waals surface area (Å²) in [5, 5.41) is 40.4. The van der Waals surface area contributed by atoms with E-state index >= 15 is 0 Å². The van der Waals surface area contributed by atoms with Gasteiger partial charge < -0.3 is 63.1 Å². The molecular weight excluding hydrogens is 1330 g/mol. The molecule has 5 aromatic heterocycles. The number of oxime groups is 1. The number of ether oxygens (including phenoxy) is 3. The molecule has 23 nitrogen and oxygen atoms in total. The smallest absolute Gasteiger partial charge is 0.870 e. The number of aryl methyl sites for hydroxylation is 10. The predicted molar refractivity (Wildman–Crippen MR) is 363 cm³/mol. The van der Waals surface area contributed by atoms with E-state index in [0.717, 1.165) is 87.5 Å². The number of carboxylic acid groups (broad SMARTS) is 2. The molecule has 0 fully saturated rings. The van der Waals surface area contributed by atoms with Crippen molar-refractivity contribution in [1.82, 2.24) is 20.3 Å². The first-order chi connectivity index (χ1) is 46.2. The molecule has 0 aliphatic heterocycles. The number of methoxy groups -OCH3 is 3. The van der Waals surface area contributed by atoms with Crippen molar-refractivity contribution in [1.29, 1.82) is 0 Å². The number of fused-ring (bicyclic) bond motifs is 3. The maximum absolute atomic E-state index is 11.7. The van der Waals surface area contributed by atoms with Crippen molar-refractivity contribution in [3.8, 4) is 46.1 Å². The van der Waals surface area contributed by atoms with Crippen LogP contribution in [0.4, 0.5) is 4.39 Å². The number of furan rings is 3. The third-order valence-electron chi connectivity index (χ3n) is 15.0. The Balaban J connectivity index is 0.000000228. The second-order valence-corrected chi connectivity index (χ2v) is 22.5. The summed E-state index contributed by atoms with van der Waals surface area (Å²) < 4.78 is 58.5. The summed E-state index contributed by atoms with van der Waals surface area (Å²) in [6.45, 7) is 19.1. The van der Waals surface area contributed by atoms with Gasteiger partial charge in [-0.3, -0.25) is 4.39 Å². The maximum atomic E-state index is 11.7. The van der Waals surface area contributed by atoms with E-state index in [4.69, 9.17) is 49.6 Å². The van der Waals surface area contributed by atoms with Crippen LogP contribution in [0.15, 0.2) is 159 Å². The number of amidine groups is 1. The summed E-state index contributed by atoms with van der Waals surface area (Å²) in [7, 11) is 3.02. The second-order valence-electron chi connectivity index (χ2n) is 21.6. The molecule has 12 rings (SSSR count). The molecular formula is C72H69BrFLiN6O17. The molecule has 504 valence electrons. The number of carboxylic acids is 2. The van der Waals surface area contributed by atoms with Crippen LogP contribution in [0.2, 0.25) is 0 Å². The second kappa shape index (κ2) is 34.6. The number of nitrogens with two attached hydrogens (primary N) is 1. The zero-order chi connectivity index (χ0) is 71.1. The Bertz CT molecular complexity index is 4820. The van der Waals surface area contributed by atoms with Crippen LogP contribution in [0.25, 0.3) is 79.0 Å². The van der Waals surface area contributed by atoms with Crippen molar-refractivity contribution in [2.75, 3.05) is 28.5 Å². The molecule has 0 atom stereocenters. The van der Waals surface area contributed by atoms with Gasteiger partial charge in [0.15, 0.2) is 17.3 Å². The zero-order valence-corrected chi connectivity index (χ0v) is 57.6. The number of aromatic nitrogens is 4. The first kappa shape index (κ1) is 76.0. The Kier molecular flexibility index (Phi) is 26.9. The number of esters is 3. The molecule has 0 aliphatic rings. The van der Waals surface area contributed by atoms with Gasteiger partial charge in [-0.1, -0.05) is 67.8 Å². The first-order valence-electron chi connectivity index (χ1n) is 29.7. The van der Waals surface area contributed by atoms with Crippen molar-refractivity contribution >= 4 is 84.5 Å². The third kappa shape index (κ3) is 18.1. The van der Waals surface area contributed by atoms with Gasteiger partial charge in [-0.2, -0.15) is 9.97 Å². The number of alkyl halides is 1. The average molecular weight is 1400 g/mol. The maximum Gasteiger partial charge on any atom is 1.00 e. The molecule has 0 bridgehead atoms. The van der Waals surface area contributed by atoms with Crippen LogP contribution in [-0.4, -0.2) is 105 Å². The topological polar surface area (TPSA) is 359 Å². The van der Waals surface area contributed by atoms with E-state index in [1.807, 2.05) is 116 Å². The van der Waals surface area contributed by atoms with Crippen LogP contribution in [0, 0.1) is 69.2 Å². The molecule has 12 aromatic rings. The fourth-order valence-corrected chi connectivity index (χ4v) is 10.2. The first-order valence-corrected chi connectivity index (χ1v) is 29.8. The summed E-state index contributed by atoms with van der Waals surface area (Å²) in [6.07, 6.45) is 0. The standard InChI is InChI=1S/C21H18N2O4.C20H16N2O4.C11H12N2O2.C10H10O4.C9H9BrO2.CH3F.Li.H2O/c1-11-5-6-12(2)18-16(11)10-17(26-18)19-22-20(27-23-19)14-7-8-15(13(3)9-14)21(24)25-4;1-10-4-5-11(2)17-15(10)9-16(25-17)18-21-19(26-22-18)13-6-7-14(20(23)24)12(3)8-13;1-6-3-4-7(2)10-8(6)5-9(15-10)11(12)13-14;1-6-5-7(9(11)12)3-4-8(6)10(13)14-2;1-6-5-7(10)3-4-8(6)9(11)12-2;1-2;;/h5-10H,1-4H3;4-9H,1-3H3,(H,23,24);3-5,14H,1-2H3,(H2,12,13);3-5H,1-2H3,(H,11,12);3-5H,1-2H3;1H3;;1H2/q;;;;;;+1;/p-1/i;;;;;1D;;. The van der Waals surface area contributed by atoms with Gasteiger partial charge in [-0.15, -0.1) is 0 Å². The minimum absolute atomic E-state index is 0. The predicted octanol–water partition coefficient (Wildman–Crippen LogP) is 13.2. The number of halogens is 2. The van der Waals surface area contributed by atoms with Crippen LogP contribution in [0.5, 0.6) is 0 Å². The summed E-state index contributed by atoms with van der Waals surface area (Å²) in [4.78, 5) is 64.6. The van der Waals surface area contributed by atoms with E-state index in [-0.39, 0.29) is 53.2 Å². The van der Waals surface area contributed by atoms with Gasteiger partial charge in [0.25, 0.3) is 11.8 Å². The molecule has 0 unspecified atom stereocenters. The Morgan fingerprint density at radius 1 is 0.490 bits per heavy atom. The molecule has 26 heteroatoms. The Hall–Kier alpha value is -11.0. The Morgan fingerprint density at radius 3 is 1.19 bits per heavy atom. The van der Waals surface area contributed by atoms with E-state index < -0.39 is 25.1 Å². The summed E-state index contributed by atoms with van der Waals surface area (Å²) in [5.41, 5.74) is 20.6. The van der Waals surface area contributed by atoms with Crippen molar-refractivity contribution < 1.29 is 106 Å². The Morgan fingerprint density at radius 2 is 0.847 bits per heavy atom. The fraction of sp³-hybridized carbons (Fsp3) is 0.194. The molecule has 0 saturated heterocycles. The van der Waals surface area contributed by atoms with Gasteiger partial charge >= 0.3 is 48.7 Å². The van der Waals surface area contributed by atoms with E-state index in [1.165, 1.54) is 45.6 Å². The van der Waals surface area contributed by atoms with Gasteiger partial charge in [0.1, 0.15) is 16.7 Å². The number of hydrogen-bond acceptors (Lipinski definition) is 20. The van der Waals surface area contributed by atoms with Gasteiger partial charge in [-0.05, 0) is 216 Å². The zero-order valence-electron chi connectivity index (χ0n) is 57.0. The molecule has 5 heterocycles. The summed E-state index contributed by atoms with van der Waals surface area (Å²) in [5.74, 6) is -0.214. The minimum Gasteiger partial charge on any atom is -0.870 e. The summed E-state index contributed by atoms with van der Waals surface area (Å²) >= 11 is 3.32. The Labute approximate surface area is 583 Å². The van der Waals surface area contributed by atoms with Crippen molar-refractivity contribution in [3.63, 3.8) is 0 Å². The molecule has 7 aromatic carbocycles. The van der Waals surface area contributed by atoms with Crippen molar-refractivity contribution in [2.45, 2.75) is 69.2 Å².